The number of allylic oxidation sites excluding steroid dienone is 2. The maximum atomic E-state index is 4.48. The molecule has 1 rings (SSSR count). The molecule has 0 aromatic rings. The summed E-state index contributed by atoms with van der Waals surface area (Å²) in [7, 11) is 0. The van der Waals surface area contributed by atoms with Crippen LogP contribution in [0.5, 0.6) is 0 Å². The number of halogens is 3. The van der Waals surface area contributed by atoms with Gasteiger partial charge in [-0.25, -0.2) is 0 Å². The van der Waals surface area contributed by atoms with Crippen LogP contribution >= 0.6 is 47.8 Å². The van der Waals surface area contributed by atoms with Crippen LogP contribution in [0.25, 0.3) is 0 Å². The molecule has 0 N–H and O–H groups in total. The zero-order valence-corrected chi connectivity index (χ0v) is 12.1. The molecule has 0 aromatic heterocycles. The number of rotatable bonds is 2. The molecule has 0 aromatic carbocycles. The molecule has 0 spiro atoms. The minimum Gasteiger partial charge on any atom is -0.281 e. The molecule has 0 saturated carbocycles. The van der Waals surface area contributed by atoms with E-state index in [1.54, 1.807) is 12.2 Å². The molecule has 1 aliphatic rings. The van der Waals surface area contributed by atoms with Gasteiger partial charge in [-0.3, -0.25) is 9.98 Å². The molecule has 14 heavy (non-hydrogen) atoms. The summed E-state index contributed by atoms with van der Waals surface area (Å²) in [5.74, 6) is 0. The first-order valence-electron chi connectivity index (χ1n) is 3.93. The lowest BCUT2D eigenvalue weighted by molar-refractivity contribution is 0.732. The number of hydrogen-bond donors (Lipinski definition) is 0. The van der Waals surface area contributed by atoms with E-state index in [2.05, 4.69) is 70.9 Å². The van der Waals surface area contributed by atoms with Crippen molar-refractivity contribution in [3.05, 3.63) is 25.3 Å². The fraction of sp³-hybridized carbons (Fsp3) is 0.333. The Morgan fingerprint density at radius 2 is 1.79 bits per heavy atom. The van der Waals surface area contributed by atoms with Crippen LogP contribution in [0.1, 0.15) is 0 Å². The molecular formula is C9H9Br3N2. The van der Waals surface area contributed by atoms with E-state index in [4.69, 9.17) is 0 Å². The van der Waals surface area contributed by atoms with Gasteiger partial charge in [0.15, 0.2) is 2.14 Å². The Balaban J connectivity index is 2.95. The van der Waals surface area contributed by atoms with Gasteiger partial charge in [0.1, 0.15) is 6.04 Å². The van der Waals surface area contributed by atoms with E-state index < -0.39 is 2.14 Å². The highest BCUT2D eigenvalue weighted by Gasteiger charge is 2.32. The van der Waals surface area contributed by atoms with Gasteiger partial charge in [-0.1, -0.05) is 60.9 Å². The first kappa shape index (κ1) is 12.3. The van der Waals surface area contributed by atoms with Crippen molar-refractivity contribution in [1.82, 2.24) is 0 Å². The predicted octanol–water partition coefficient (Wildman–Crippen LogP) is 3.46. The van der Waals surface area contributed by atoms with Crippen molar-refractivity contribution in [3.8, 4) is 0 Å². The van der Waals surface area contributed by atoms with Crippen molar-refractivity contribution in [1.29, 1.82) is 0 Å². The van der Waals surface area contributed by atoms with Gasteiger partial charge in [0.2, 0.25) is 0 Å². The molecule has 2 nitrogen and oxygen atoms in total. The van der Waals surface area contributed by atoms with Crippen molar-refractivity contribution >= 4 is 59.2 Å². The van der Waals surface area contributed by atoms with Crippen LogP contribution in [0, 0.1) is 0 Å². The predicted molar refractivity (Wildman–Crippen MR) is 73.4 cm³/mol. The number of nitrogens with zero attached hydrogens (tertiary/aromatic N) is 2. The van der Waals surface area contributed by atoms with E-state index in [-0.39, 0.29) is 6.04 Å². The first-order valence-corrected chi connectivity index (χ1v) is 6.31. The van der Waals surface area contributed by atoms with Gasteiger partial charge in [0.25, 0.3) is 0 Å². The van der Waals surface area contributed by atoms with Gasteiger partial charge >= 0.3 is 0 Å². The minimum atomic E-state index is -0.405. The minimum absolute atomic E-state index is 0.000741. The van der Waals surface area contributed by atoms with E-state index in [9.17, 15) is 0 Å². The van der Waals surface area contributed by atoms with Gasteiger partial charge in [0.05, 0.1) is 18.0 Å². The normalized spacial score (nSPS) is 22.4. The van der Waals surface area contributed by atoms with E-state index in [0.717, 1.165) is 11.4 Å². The Kier molecular flexibility index (Phi) is 4.28. The molecular weight excluding hydrogens is 376 g/mol. The Labute approximate surface area is 109 Å². The highest BCUT2D eigenvalue weighted by atomic mass is 80.0. The fourth-order valence-electron chi connectivity index (χ4n) is 1.04. The molecule has 1 aliphatic heterocycles. The number of aliphatic imine (C=N–C) groups is 2. The van der Waals surface area contributed by atoms with Gasteiger partial charge in [-0.15, -0.1) is 0 Å². The summed E-state index contributed by atoms with van der Waals surface area (Å²) in [6.45, 7) is 7.98. The average molecular weight is 385 g/mol. The molecule has 0 saturated heterocycles. The third kappa shape index (κ3) is 2.87. The van der Waals surface area contributed by atoms with Crippen molar-refractivity contribution < 1.29 is 0 Å². The second-order valence-electron chi connectivity index (χ2n) is 2.71. The molecule has 1 heterocycles. The quantitative estimate of drug-likeness (QED) is 0.651. The standard InChI is InChI=1S/C9H9Br3N2/c1-3-6-7(4-2)14-8(5-13-6)9(10,11)12/h3-4,8H,1-2,5H2. The van der Waals surface area contributed by atoms with Crippen molar-refractivity contribution in [3.63, 3.8) is 0 Å². The molecule has 1 atom stereocenters. The Morgan fingerprint density at radius 1 is 1.21 bits per heavy atom. The largest absolute Gasteiger partial charge is 0.281 e. The lowest BCUT2D eigenvalue weighted by Gasteiger charge is -2.24. The molecule has 0 fully saturated rings. The summed E-state index contributed by atoms with van der Waals surface area (Å²) in [6.07, 6.45) is 3.38. The third-order valence-corrected chi connectivity index (χ3v) is 3.34. The van der Waals surface area contributed by atoms with Crippen LogP contribution in [0.3, 0.4) is 0 Å². The monoisotopic (exact) mass is 382 g/mol. The molecule has 0 bridgehead atoms. The van der Waals surface area contributed by atoms with Gasteiger partial charge in [-0.2, -0.15) is 0 Å². The second kappa shape index (κ2) is 4.86. The fourth-order valence-corrected chi connectivity index (χ4v) is 1.79. The van der Waals surface area contributed by atoms with E-state index >= 15 is 0 Å². The topological polar surface area (TPSA) is 24.7 Å². The second-order valence-corrected chi connectivity index (χ2v) is 9.65. The van der Waals surface area contributed by atoms with Gasteiger partial charge < -0.3 is 0 Å². The maximum Gasteiger partial charge on any atom is 0.158 e. The SMILES string of the molecule is C=CC1=NCC(C(Br)(Br)Br)N=C1C=C. The number of alkyl halides is 3. The maximum absolute atomic E-state index is 4.48. The summed E-state index contributed by atoms with van der Waals surface area (Å²) in [5.41, 5.74) is 1.58. The van der Waals surface area contributed by atoms with Crippen LogP contribution in [0.2, 0.25) is 0 Å². The Morgan fingerprint density at radius 3 is 2.21 bits per heavy atom. The van der Waals surface area contributed by atoms with Crippen LogP contribution in [0.4, 0.5) is 0 Å². The molecule has 0 aliphatic carbocycles. The van der Waals surface area contributed by atoms with Crippen LogP contribution in [0.15, 0.2) is 35.3 Å². The van der Waals surface area contributed by atoms with Crippen molar-refractivity contribution in [2.45, 2.75) is 8.18 Å². The summed E-state index contributed by atoms with van der Waals surface area (Å²) in [4.78, 5) is 8.83. The molecule has 1 unspecified atom stereocenters. The lowest BCUT2D eigenvalue weighted by Crippen LogP contribution is -2.32. The van der Waals surface area contributed by atoms with E-state index in [1.807, 2.05) is 0 Å². The zero-order valence-electron chi connectivity index (χ0n) is 7.38. The third-order valence-electron chi connectivity index (χ3n) is 1.76. The van der Waals surface area contributed by atoms with Crippen LogP contribution in [-0.4, -0.2) is 26.2 Å². The summed E-state index contributed by atoms with van der Waals surface area (Å²) in [5, 5.41) is 0. The van der Waals surface area contributed by atoms with Gasteiger partial charge in [0, 0.05) is 0 Å². The summed E-state index contributed by atoms with van der Waals surface area (Å²) < 4.78 is -0.405. The Hall–Kier alpha value is 0.260. The first-order chi connectivity index (χ1) is 6.49. The van der Waals surface area contributed by atoms with Crippen molar-refractivity contribution in [2.75, 3.05) is 6.54 Å². The molecule has 76 valence electrons. The Bertz CT molecular complexity index is 313. The molecule has 0 radical (unpaired) electrons. The highest BCUT2D eigenvalue weighted by Crippen LogP contribution is 2.39. The number of hydrogen-bond acceptors (Lipinski definition) is 2. The zero-order chi connectivity index (χ0) is 10.8. The smallest absolute Gasteiger partial charge is 0.158 e. The van der Waals surface area contributed by atoms with E-state index in [1.165, 1.54) is 0 Å². The van der Waals surface area contributed by atoms with Crippen LogP contribution in [-0.2, 0) is 0 Å². The van der Waals surface area contributed by atoms with Gasteiger partial charge in [-0.05, 0) is 12.2 Å². The molecule has 0 amide bonds. The van der Waals surface area contributed by atoms with E-state index in [0.29, 0.717) is 6.54 Å². The highest BCUT2D eigenvalue weighted by molar-refractivity contribution is 9.39. The summed E-state index contributed by atoms with van der Waals surface area (Å²) >= 11 is 10.3. The van der Waals surface area contributed by atoms with Crippen molar-refractivity contribution in [2.24, 2.45) is 9.98 Å². The average Bonchev–Trinajstić information content (AvgIpc) is 2.15. The molecule has 5 heteroatoms. The lowest BCUT2D eigenvalue weighted by atomic mass is 10.1. The van der Waals surface area contributed by atoms with Crippen LogP contribution < -0.4 is 0 Å². The summed E-state index contributed by atoms with van der Waals surface area (Å²) in [6, 6.07) is -0.000741.